The van der Waals surface area contributed by atoms with Gasteiger partial charge in [0.2, 0.25) is 0 Å². The van der Waals surface area contributed by atoms with Gasteiger partial charge in [-0.25, -0.2) is 0 Å². The zero-order valence-electron chi connectivity index (χ0n) is 10.7. The third-order valence-corrected chi connectivity index (χ3v) is 4.65. The highest BCUT2D eigenvalue weighted by molar-refractivity contribution is 7.99. The molecule has 1 saturated heterocycles. The van der Waals surface area contributed by atoms with E-state index in [2.05, 4.69) is 5.32 Å². The zero-order valence-corrected chi connectivity index (χ0v) is 12.3. The Morgan fingerprint density at radius 2 is 2.00 bits per heavy atom. The fourth-order valence-electron chi connectivity index (χ4n) is 1.94. The molecule has 1 aliphatic rings. The number of carbonyl (C=O) groups is 1. The summed E-state index contributed by atoms with van der Waals surface area (Å²) in [6.07, 6.45) is 2.24. The molecule has 1 heterocycles. The molecule has 1 aromatic rings. The highest BCUT2D eigenvalue weighted by Gasteiger charge is 2.13. The molecule has 1 N–H and O–H groups in total. The first kappa shape index (κ1) is 14.7. The fourth-order valence-corrected chi connectivity index (χ4v) is 3.14. The Kier molecular flexibility index (Phi) is 6.01. The molecule has 0 aliphatic carbocycles. The van der Waals surface area contributed by atoms with Gasteiger partial charge >= 0.3 is 0 Å². The summed E-state index contributed by atoms with van der Waals surface area (Å²) in [4.78, 5) is 11.8. The maximum absolute atomic E-state index is 11.8. The SMILES string of the molecule is O=C(NCCSC1CCOCC1)c1ccc(Cl)cc1. The average Bonchev–Trinajstić information content (AvgIpc) is 2.45. The van der Waals surface area contributed by atoms with Gasteiger partial charge in [-0.1, -0.05) is 11.6 Å². The first-order chi connectivity index (χ1) is 9.25. The van der Waals surface area contributed by atoms with Crippen LogP contribution >= 0.6 is 23.4 Å². The second kappa shape index (κ2) is 7.78. The lowest BCUT2D eigenvalue weighted by molar-refractivity contribution is 0.0955. The van der Waals surface area contributed by atoms with Crippen molar-refractivity contribution >= 4 is 29.3 Å². The molecule has 1 amide bonds. The van der Waals surface area contributed by atoms with E-state index in [1.54, 1.807) is 24.3 Å². The van der Waals surface area contributed by atoms with Crippen molar-refractivity contribution in [2.45, 2.75) is 18.1 Å². The van der Waals surface area contributed by atoms with Gasteiger partial charge in [0.15, 0.2) is 0 Å². The maximum Gasteiger partial charge on any atom is 0.251 e. The summed E-state index contributed by atoms with van der Waals surface area (Å²) in [5.41, 5.74) is 0.653. The van der Waals surface area contributed by atoms with E-state index < -0.39 is 0 Å². The minimum Gasteiger partial charge on any atom is -0.381 e. The molecular weight excluding hydrogens is 282 g/mol. The lowest BCUT2D eigenvalue weighted by Gasteiger charge is -2.21. The van der Waals surface area contributed by atoms with E-state index in [1.807, 2.05) is 11.8 Å². The van der Waals surface area contributed by atoms with Crippen LogP contribution in [-0.2, 0) is 4.74 Å². The van der Waals surface area contributed by atoms with Gasteiger partial charge in [-0.2, -0.15) is 11.8 Å². The molecule has 0 saturated carbocycles. The van der Waals surface area contributed by atoms with Crippen molar-refractivity contribution in [2.24, 2.45) is 0 Å². The van der Waals surface area contributed by atoms with Crippen LogP contribution < -0.4 is 5.32 Å². The van der Waals surface area contributed by atoms with E-state index in [9.17, 15) is 4.79 Å². The second-order valence-corrected chi connectivity index (χ2v) is 6.29. The molecule has 5 heteroatoms. The molecule has 0 unspecified atom stereocenters. The van der Waals surface area contributed by atoms with Crippen LogP contribution in [0.2, 0.25) is 5.02 Å². The van der Waals surface area contributed by atoms with Crippen LogP contribution in [0.4, 0.5) is 0 Å². The Balaban J connectivity index is 1.64. The molecule has 1 fully saturated rings. The second-order valence-electron chi connectivity index (χ2n) is 4.45. The molecule has 1 aromatic carbocycles. The van der Waals surface area contributed by atoms with E-state index in [-0.39, 0.29) is 5.91 Å². The molecule has 2 rings (SSSR count). The summed E-state index contributed by atoms with van der Waals surface area (Å²) in [7, 11) is 0. The third kappa shape index (κ3) is 5.05. The quantitative estimate of drug-likeness (QED) is 0.850. The van der Waals surface area contributed by atoms with Gasteiger partial charge in [0.25, 0.3) is 5.91 Å². The van der Waals surface area contributed by atoms with Gasteiger partial charge in [-0.3, -0.25) is 4.79 Å². The molecule has 0 spiro atoms. The monoisotopic (exact) mass is 299 g/mol. The fraction of sp³-hybridized carbons (Fsp3) is 0.500. The summed E-state index contributed by atoms with van der Waals surface area (Å²) < 4.78 is 5.32. The van der Waals surface area contributed by atoms with Crippen LogP contribution in [0.15, 0.2) is 24.3 Å². The van der Waals surface area contributed by atoms with Crippen molar-refractivity contribution in [1.29, 1.82) is 0 Å². The maximum atomic E-state index is 11.8. The van der Waals surface area contributed by atoms with Crippen molar-refractivity contribution in [2.75, 3.05) is 25.5 Å². The smallest absolute Gasteiger partial charge is 0.251 e. The highest BCUT2D eigenvalue weighted by Crippen LogP contribution is 2.21. The van der Waals surface area contributed by atoms with E-state index in [4.69, 9.17) is 16.3 Å². The summed E-state index contributed by atoms with van der Waals surface area (Å²) in [5, 5.41) is 4.25. The molecular formula is C14H18ClNO2S. The minimum absolute atomic E-state index is 0.0377. The number of carbonyl (C=O) groups excluding carboxylic acids is 1. The lowest BCUT2D eigenvalue weighted by atomic mass is 10.2. The van der Waals surface area contributed by atoms with Crippen molar-refractivity contribution in [1.82, 2.24) is 5.32 Å². The standard InChI is InChI=1S/C14H18ClNO2S/c15-12-3-1-11(2-4-12)14(17)16-7-10-19-13-5-8-18-9-6-13/h1-4,13H,5-10H2,(H,16,17). The first-order valence-electron chi connectivity index (χ1n) is 6.49. The van der Waals surface area contributed by atoms with Crippen LogP contribution in [0.3, 0.4) is 0 Å². The average molecular weight is 300 g/mol. The van der Waals surface area contributed by atoms with Crippen molar-refractivity contribution in [3.8, 4) is 0 Å². The van der Waals surface area contributed by atoms with Gasteiger partial charge < -0.3 is 10.1 Å². The minimum atomic E-state index is -0.0377. The summed E-state index contributed by atoms with van der Waals surface area (Å²) in [6.45, 7) is 2.44. The van der Waals surface area contributed by atoms with E-state index in [1.165, 1.54) is 0 Å². The predicted molar refractivity (Wildman–Crippen MR) is 80.1 cm³/mol. The Labute approximate surface area is 123 Å². The van der Waals surface area contributed by atoms with Crippen molar-refractivity contribution in [3.05, 3.63) is 34.9 Å². The molecule has 0 aromatic heterocycles. The predicted octanol–water partition coefficient (Wildman–Crippen LogP) is 2.98. The highest BCUT2D eigenvalue weighted by atomic mass is 35.5. The molecule has 104 valence electrons. The number of hydrogen-bond donors (Lipinski definition) is 1. The Bertz CT molecular complexity index is 404. The van der Waals surface area contributed by atoms with Gasteiger partial charge in [0.05, 0.1) is 0 Å². The molecule has 3 nitrogen and oxygen atoms in total. The number of hydrogen-bond acceptors (Lipinski definition) is 3. The summed E-state index contributed by atoms with van der Waals surface area (Å²) in [5.74, 6) is 0.911. The van der Waals surface area contributed by atoms with E-state index in [0.29, 0.717) is 22.4 Å². The molecule has 0 bridgehead atoms. The summed E-state index contributed by atoms with van der Waals surface area (Å²) >= 11 is 7.71. The largest absolute Gasteiger partial charge is 0.381 e. The molecule has 1 aliphatic heterocycles. The molecule has 0 atom stereocenters. The lowest BCUT2D eigenvalue weighted by Crippen LogP contribution is -2.27. The molecule has 19 heavy (non-hydrogen) atoms. The third-order valence-electron chi connectivity index (χ3n) is 3.02. The zero-order chi connectivity index (χ0) is 13.5. The number of rotatable bonds is 5. The molecule has 0 radical (unpaired) electrons. The van der Waals surface area contributed by atoms with Gasteiger partial charge in [-0.05, 0) is 37.1 Å². The topological polar surface area (TPSA) is 38.3 Å². The van der Waals surface area contributed by atoms with Crippen molar-refractivity contribution < 1.29 is 9.53 Å². The number of nitrogens with one attached hydrogen (secondary N) is 1. The van der Waals surface area contributed by atoms with Crippen LogP contribution in [0, 0.1) is 0 Å². The van der Waals surface area contributed by atoms with E-state index in [0.717, 1.165) is 31.8 Å². The van der Waals surface area contributed by atoms with Crippen molar-refractivity contribution in [3.63, 3.8) is 0 Å². The first-order valence-corrected chi connectivity index (χ1v) is 7.91. The number of thioether (sulfide) groups is 1. The normalized spacial score (nSPS) is 16.3. The number of halogens is 1. The number of ether oxygens (including phenoxy) is 1. The van der Waals surface area contributed by atoms with Crippen LogP contribution in [0.25, 0.3) is 0 Å². The van der Waals surface area contributed by atoms with Gasteiger partial charge in [0.1, 0.15) is 0 Å². The Morgan fingerprint density at radius 3 is 2.68 bits per heavy atom. The Morgan fingerprint density at radius 1 is 1.32 bits per heavy atom. The van der Waals surface area contributed by atoms with E-state index >= 15 is 0 Å². The Hall–Kier alpha value is -0.710. The van der Waals surface area contributed by atoms with Gasteiger partial charge in [0, 0.05) is 41.3 Å². The van der Waals surface area contributed by atoms with Crippen LogP contribution in [-0.4, -0.2) is 36.7 Å². The number of amides is 1. The van der Waals surface area contributed by atoms with Gasteiger partial charge in [-0.15, -0.1) is 0 Å². The van der Waals surface area contributed by atoms with Crippen LogP contribution in [0.1, 0.15) is 23.2 Å². The number of benzene rings is 1. The summed E-state index contributed by atoms with van der Waals surface area (Å²) in [6, 6.07) is 6.94. The van der Waals surface area contributed by atoms with Crippen LogP contribution in [0.5, 0.6) is 0 Å².